The number of aromatic nitrogens is 4. The van der Waals surface area contributed by atoms with Crippen molar-refractivity contribution in [2.75, 3.05) is 7.05 Å². The molecule has 2 heterocycles. The molecule has 0 unspecified atom stereocenters. The maximum absolute atomic E-state index is 12.5. The molecule has 142 valence electrons. The number of nitrogens with zero attached hydrogens (tertiary/aromatic N) is 5. The number of benzene rings is 1. The van der Waals surface area contributed by atoms with Crippen LogP contribution in [0.3, 0.4) is 0 Å². The van der Waals surface area contributed by atoms with Gasteiger partial charge in [0, 0.05) is 30.9 Å². The zero-order valence-electron chi connectivity index (χ0n) is 16.2. The molecule has 2 aromatic heterocycles. The second kappa shape index (κ2) is 7.61. The number of rotatable bonds is 5. The van der Waals surface area contributed by atoms with Gasteiger partial charge in [-0.1, -0.05) is 29.4 Å². The minimum Gasteiger partial charge on any atom is -0.337 e. The lowest BCUT2D eigenvalue weighted by atomic mass is 10.1. The maximum atomic E-state index is 12.5. The molecule has 8 nitrogen and oxygen atoms in total. The van der Waals surface area contributed by atoms with Crippen molar-refractivity contribution in [2.24, 2.45) is 7.05 Å². The molecule has 0 bridgehead atoms. The van der Waals surface area contributed by atoms with Crippen LogP contribution in [0.5, 0.6) is 0 Å². The number of carbonyl (C=O) groups excluding carboxylic acids is 1. The molecule has 2 amide bonds. The number of aryl methyl sites for hydroxylation is 2. The Morgan fingerprint density at radius 2 is 2.07 bits per heavy atom. The number of amides is 2. The van der Waals surface area contributed by atoms with Gasteiger partial charge in [0.2, 0.25) is 11.7 Å². The van der Waals surface area contributed by atoms with Crippen molar-refractivity contribution in [1.29, 1.82) is 0 Å². The Hall–Kier alpha value is -3.16. The Morgan fingerprint density at radius 3 is 2.74 bits per heavy atom. The van der Waals surface area contributed by atoms with Gasteiger partial charge in [0.1, 0.15) is 6.04 Å². The fourth-order valence-electron chi connectivity index (χ4n) is 2.73. The Balaban J connectivity index is 1.65. The van der Waals surface area contributed by atoms with Crippen molar-refractivity contribution >= 4 is 6.03 Å². The minimum atomic E-state index is -0.403. The first-order valence-corrected chi connectivity index (χ1v) is 8.75. The van der Waals surface area contributed by atoms with E-state index in [1.807, 2.05) is 52.1 Å². The van der Waals surface area contributed by atoms with Crippen molar-refractivity contribution in [3.8, 4) is 11.4 Å². The van der Waals surface area contributed by atoms with Crippen LogP contribution in [0.25, 0.3) is 11.4 Å². The third kappa shape index (κ3) is 3.99. The molecule has 0 aliphatic rings. The van der Waals surface area contributed by atoms with Crippen LogP contribution in [-0.4, -0.2) is 37.9 Å². The van der Waals surface area contributed by atoms with Crippen LogP contribution in [-0.2, 0) is 13.6 Å². The first-order valence-electron chi connectivity index (χ1n) is 8.75. The number of urea groups is 1. The quantitative estimate of drug-likeness (QED) is 0.748. The highest BCUT2D eigenvalue weighted by molar-refractivity contribution is 5.74. The second-order valence-electron chi connectivity index (χ2n) is 6.68. The summed E-state index contributed by atoms with van der Waals surface area (Å²) in [7, 11) is 3.61. The second-order valence-corrected chi connectivity index (χ2v) is 6.68. The molecule has 27 heavy (non-hydrogen) atoms. The average molecular weight is 368 g/mol. The molecule has 0 aliphatic heterocycles. The van der Waals surface area contributed by atoms with Gasteiger partial charge in [-0.25, -0.2) is 4.79 Å². The van der Waals surface area contributed by atoms with Crippen LogP contribution in [0.1, 0.15) is 35.7 Å². The summed E-state index contributed by atoms with van der Waals surface area (Å²) < 4.78 is 7.14. The highest BCUT2D eigenvalue weighted by atomic mass is 16.5. The highest BCUT2D eigenvalue weighted by Crippen LogP contribution is 2.22. The molecule has 0 radical (unpaired) electrons. The maximum Gasteiger partial charge on any atom is 0.318 e. The van der Waals surface area contributed by atoms with Gasteiger partial charge in [-0.05, 0) is 26.3 Å². The summed E-state index contributed by atoms with van der Waals surface area (Å²) in [4.78, 5) is 18.5. The normalized spacial score (nSPS) is 12.0. The van der Waals surface area contributed by atoms with Gasteiger partial charge in [0.25, 0.3) is 0 Å². The Labute approximate surface area is 158 Å². The van der Waals surface area contributed by atoms with E-state index in [-0.39, 0.29) is 6.03 Å². The van der Waals surface area contributed by atoms with Crippen molar-refractivity contribution < 1.29 is 9.32 Å². The number of nitrogens with one attached hydrogen (secondary N) is 1. The van der Waals surface area contributed by atoms with E-state index in [0.717, 1.165) is 22.4 Å². The van der Waals surface area contributed by atoms with Crippen LogP contribution in [0.4, 0.5) is 4.79 Å². The van der Waals surface area contributed by atoms with E-state index in [0.29, 0.717) is 18.3 Å². The predicted molar refractivity (Wildman–Crippen MR) is 101 cm³/mol. The zero-order valence-corrected chi connectivity index (χ0v) is 16.2. The predicted octanol–water partition coefficient (Wildman–Crippen LogP) is 2.99. The minimum absolute atomic E-state index is 0.221. The van der Waals surface area contributed by atoms with Crippen LogP contribution < -0.4 is 5.32 Å². The fraction of sp³-hybridized carbons (Fsp3) is 0.368. The molecule has 1 atom stereocenters. The number of carbonyl (C=O) groups is 1. The summed E-state index contributed by atoms with van der Waals surface area (Å²) in [6.07, 6.45) is 1.77. The monoisotopic (exact) mass is 368 g/mol. The lowest BCUT2D eigenvalue weighted by Crippen LogP contribution is -2.38. The summed E-state index contributed by atoms with van der Waals surface area (Å²) in [5.41, 5.74) is 4.01. The van der Waals surface area contributed by atoms with Crippen molar-refractivity contribution in [3.05, 3.63) is 53.2 Å². The van der Waals surface area contributed by atoms with E-state index in [4.69, 9.17) is 4.52 Å². The van der Waals surface area contributed by atoms with Gasteiger partial charge in [-0.3, -0.25) is 4.68 Å². The first-order chi connectivity index (χ1) is 12.9. The molecule has 0 fully saturated rings. The number of hydrogen-bond acceptors (Lipinski definition) is 5. The summed E-state index contributed by atoms with van der Waals surface area (Å²) >= 11 is 0. The SMILES string of the molecule is Cc1ccccc1-c1noc([C@H](C)NC(=O)N(C)Cc2cnn(C)c2C)n1. The molecule has 0 saturated carbocycles. The lowest BCUT2D eigenvalue weighted by Gasteiger charge is -2.19. The van der Waals surface area contributed by atoms with E-state index in [9.17, 15) is 4.79 Å². The van der Waals surface area contributed by atoms with Gasteiger partial charge < -0.3 is 14.7 Å². The van der Waals surface area contributed by atoms with Crippen molar-refractivity contribution in [3.63, 3.8) is 0 Å². The van der Waals surface area contributed by atoms with E-state index in [2.05, 4.69) is 20.6 Å². The molecule has 3 rings (SSSR count). The molecule has 0 spiro atoms. The molecule has 1 aromatic carbocycles. The topological polar surface area (TPSA) is 89.1 Å². The summed E-state index contributed by atoms with van der Waals surface area (Å²) in [6.45, 7) is 6.25. The third-order valence-corrected chi connectivity index (χ3v) is 4.63. The molecule has 8 heteroatoms. The van der Waals surface area contributed by atoms with Crippen molar-refractivity contribution in [2.45, 2.75) is 33.4 Å². The van der Waals surface area contributed by atoms with Crippen LogP contribution in [0.2, 0.25) is 0 Å². The zero-order chi connectivity index (χ0) is 19.6. The fourth-order valence-corrected chi connectivity index (χ4v) is 2.73. The van der Waals surface area contributed by atoms with Gasteiger partial charge in [-0.2, -0.15) is 10.1 Å². The summed E-state index contributed by atoms with van der Waals surface area (Å²) in [5, 5.41) is 11.1. The highest BCUT2D eigenvalue weighted by Gasteiger charge is 2.20. The summed E-state index contributed by atoms with van der Waals surface area (Å²) in [6, 6.07) is 7.20. The van der Waals surface area contributed by atoms with Gasteiger partial charge in [-0.15, -0.1) is 0 Å². The smallest absolute Gasteiger partial charge is 0.318 e. The van der Waals surface area contributed by atoms with E-state index >= 15 is 0 Å². The van der Waals surface area contributed by atoms with E-state index in [1.165, 1.54) is 0 Å². The first kappa shape index (κ1) is 18.6. The lowest BCUT2D eigenvalue weighted by molar-refractivity contribution is 0.200. The van der Waals surface area contributed by atoms with Crippen LogP contribution in [0, 0.1) is 13.8 Å². The Kier molecular flexibility index (Phi) is 5.25. The van der Waals surface area contributed by atoms with Crippen LogP contribution >= 0.6 is 0 Å². The van der Waals surface area contributed by atoms with Gasteiger partial charge in [0.15, 0.2) is 0 Å². The molecule has 0 saturated heterocycles. The molecular formula is C19H24N6O2. The summed E-state index contributed by atoms with van der Waals surface area (Å²) in [5.74, 6) is 0.885. The Bertz CT molecular complexity index is 945. The Morgan fingerprint density at radius 1 is 1.33 bits per heavy atom. The van der Waals surface area contributed by atoms with E-state index < -0.39 is 6.04 Å². The molecule has 0 aliphatic carbocycles. The van der Waals surface area contributed by atoms with Crippen LogP contribution in [0.15, 0.2) is 35.0 Å². The average Bonchev–Trinajstić information content (AvgIpc) is 3.25. The third-order valence-electron chi connectivity index (χ3n) is 4.63. The number of hydrogen-bond donors (Lipinski definition) is 1. The standard InChI is InChI=1S/C19H24N6O2/c1-12-8-6-7-9-16(12)17-22-18(27-23-17)13(2)21-19(26)24(4)11-15-10-20-25(5)14(15)3/h6-10,13H,11H2,1-5H3,(H,21,26)/t13-/m0/s1. The van der Waals surface area contributed by atoms with E-state index in [1.54, 1.807) is 22.8 Å². The largest absolute Gasteiger partial charge is 0.337 e. The van der Waals surface area contributed by atoms with Gasteiger partial charge in [0.05, 0.1) is 12.7 Å². The molecule has 3 aromatic rings. The molecule has 1 N–H and O–H groups in total. The van der Waals surface area contributed by atoms with Gasteiger partial charge >= 0.3 is 6.03 Å². The molecular weight excluding hydrogens is 344 g/mol. The van der Waals surface area contributed by atoms with Crippen molar-refractivity contribution in [1.82, 2.24) is 30.1 Å².